The average molecular weight is 628 g/mol. The maximum atomic E-state index is 13.2. The molecule has 1 aromatic heterocycles. The molecule has 0 radical (unpaired) electrons. The standard InChI is InChI=1S/C24H27F6IN4O/c1-14-4-7-17(10-11-19(14)32-22(36)15-5-8-16(9-6-15)34(2)3)35(31)18-12-20(23(25,26)27)33-21(13-18)24(28,29)30/h5-6,8-9,12-14,17,19H,4,7,10-11H2,1-3H3,(H,32,36)/t14-,17+,19+/m1/s1. The molecule has 3 rings (SSSR count). The van der Waals surface area contributed by atoms with Crippen LogP contribution in [0.15, 0.2) is 36.4 Å². The monoisotopic (exact) mass is 628 g/mol. The van der Waals surface area contributed by atoms with E-state index >= 15 is 0 Å². The second-order valence-corrected chi connectivity index (χ2v) is 10.2. The Morgan fingerprint density at radius 2 is 1.44 bits per heavy atom. The van der Waals surface area contributed by atoms with Gasteiger partial charge in [0.25, 0.3) is 5.91 Å². The van der Waals surface area contributed by atoms with Crippen LogP contribution >= 0.6 is 22.9 Å². The molecule has 0 unspecified atom stereocenters. The third kappa shape index (κ3) is 6.94. The Bertz CT molecular complexity index is 1030. The summed E-state index contributed by atoms with van der Waals surface area (Å²) in [5.74, 6) is -0.139. The number of hydrogen-bond donors (Lipinski definition) is 1. The highest BCUT2D eigenvalue weighted by molar-refractivity contribution is 14.1. The van der Waals surface area contributed by atoms with E-state index in [2.05, 4.69) is 10.3 Å². The van der Waals surface area contributed by atoms with Crippen molar-refractivity contribution in [2.45, 2.75) is 57.0 Å². The van der Waals surface area contributed by atoms with Crippen molar-refractivity contribution < 1.29 is 31.1 Å². The normalized spacial score (nSPS) is 21.0. The lowest BCUT2D eigenvalue weighted by molar-refractivity contribution is -0.150. The van der Waals surface area contributed by atoms with Gasteiger partial charge in [-0.1, -0.05) is 6.92 Å². The van der Waals surface area contributed by atoms with Crippen LogP contribution in [-0.2, 0) is 12.4 Å². The Labute approximate surface area is 219 Å². The zero-order valence-electron chi connectivity index (χ0n) is 19.9. The summed E-state index contributed by atoms with van der Waals surface area (Å²) in [6.45, 7) is 1.98. The molecule has 1 saturated carbocycles. The van der Waals surface area contributed by atoms with Crippen LogP contribution in [-0.4, -0.2) is 37.1 Å². The maximum Gasteiger partial charge on any atom is 0.433 e. The van der Waals surface area contributed by atoms with Crippen LogP contribution in [0.4, 0.5) is 37.7 Å². The SMILES string of the molecule is C[C@@H]1CC[C@H](N(I)c2cc(C(F)(F)F)nc(C(F)(F)F)c2)CC[C@@H]1NC(=O)c1ccc(N(C)C)cc1. The molecule has 1 amide bonds. The third-order valence-electron chi connectivity index (χ3n) is 6.37. The van der Waals surface area contributed by atoms with Gasteiger partial charge >= 0.3 is 12.4 Å². The minimum absolute atomic E-state index is 0.0821. The first-order chi connectivity index (χ1) is 16.7. The number of carbonyl (C=O) groups excluding carboxylic acids is 1. The van der Waals surface area contributed by atoms with E-state index in [-0.39, 0.29) is 29.6 Å². The Kier molecular flexibility index (Phi) is 8.67. The highest BCUT2D eigenvalue weighted by Gasteiger charge is 2.40. The number of nitrogens with one attached hydrogen (secondary N) is 1. The van der Waals surface area contributed by atoms with Crippen molar-refractivity contribution in [3.63, 3.8) is 0 Å². The maximum absolute atomic E-state index is 13.2. The van der Waals surface area contributed by atoms with Gasteiger partial charge in [-0.15, -0.1) is 0 Å². The summed E-state index contributed by atoms with van der Waals surface area (Å²) >= 11 is 1.77. The topological polar surface area (TPSA) is 48.5 Å². The number of alkyl halides is 6. The van der Waals surface area contributed by atoms with Crippen molar-refractivity contribution in [3.05, 3.63) is 53.3 Å². The number of carbonyl (C=O) groups is 1. The number of aromatic nitrogens is 1. The third-order valence-corrected chi connectivity index (χ3v) is 7.72. The van der Waals surface area contributed by atoms with E-state index in [1.54, 1.807) is 35.0 Å². The van der Waals surface area contributed by atoms with E-state index in [1.165, 1.54) is 3.11 Å². The largest absolute Gasteiger partial charge is 0.433 e. The number of benzene rings is 1. The molecule has 1 aliphatic carbocycles. The minimum atomic E-state index is -5.01. The van der Waals surface area contributed by atoms with E-state index in [4.69, 9.17) is 0 Å². The molecular formula is C24H27F6IN4O. The van der Waals surface area contributed by atoms with Crippen molar-refractivity contribution in [1.82, 2.24) is 10.3 Å². The first kappa shape index (κ1) is 28.3. The molecule has 2 aromatic rings. The van der Waals surface area contributed by atoms with E-state index in [1.807, 2.05) is 38.1 Å². The number of anilines is 2. The molecule has 1 heterocycles. The first-order valence-electron chi connectivity index (χ1n) is 11.4. The van der Waals surface area contributed by atoms with E-state index < -0.39 is 23.7 Å². The van der Waals surface area contributed by atoms with E-state index in [0.717, 1.165) is 5.69 Å². The van der Waals surface area contributed by atoms with Crippen LogP contribution in [0.25, 0.3) is 0 Å². The molecule has 0 aliphatic heterocycles. The van der Waals surface area contributed by atoms with Gasteiger partial charge in [0.05, 0.1) is 28.6 Å². The van der Waals surface area contributed by atoms with Gasteiger partial charge in [0.15, 0.2) is 0 Å². The van der Waals surface area contributed by atoms with Gasteiger partial charge in [-0.25, -0.2) is 4.98 Å². The summed E-state index contributed by atoms with van der Waals surface area (Å²) in [7, 11) is 3.80. The molecule has 0 spiro atoms. The number of halogens is 7. The highest BCUT2D eigenvalue weighted by Crippen LogP contribution is 2.39. The molecule has 1 aromatic carbocycles. The first-order valence-corrected chi connectivity index (χ1v) is 12.3. The number of amides is 1. The van der Waals surface area contributed by atoms with Crippen molar-refractivity contribution >= 4 is 40.1 Å². The lowest BCUT2D eigenvalue weighted by Gasteiger charge is -2.28. The molecule has 5 nitrogen and oxygen atoms in total. The predicted molar refractivity (Wildman–Crippen MR) is 134 cm³/mol. The molecule has 3 atom stereocenters. The fourth-order valence-corrected chi connectivity index (χ4v) is 5.04. The van der Waals surface area contributed by atoms with E-state index in [9.17, 15) is 31.1 Å². The molecule has 198 valence electrons. The average Bonchev–Trinajstić information content (AvgIpc) is 2.98. The Balaban J connectivity index is 1.74. The lowest BCUT2D eigenvalue weighted by atomic mass is 9.96. The molecule has 0 saturated heterocycles. The second kappa shape index (κ2) is 11.0. The molecular weight excluding hydrogens is 601 g/mol. The van der Waals surface area contributed by atoms with Gasteiger partial charge in [0.2, 0.25) is 0 Å². The van der Waals surface area contributed by atoms with E-state index in [0.29, 0.717) is 43.4 Å². The molecule has 1 N–H and O–H groups in total. The summed E-state index contributed by atoms with van der Waals surface area (Å²) in [5, 5.41) is 3.05. The van der Waals surface area contributed by atoms with Gasteiger partial charge in [-0.2, -0.15) is 26.3 Å². The zero-order chi connectivity index (χ0) is 26.8. The Morgan fingerprint density at radius 3 is 1.94 bits per heavy atom. The van der Waals surface area contributed by atoms with Crippen LogP contribution in [0.1, 0.15) is 54.4 Å². The number of hydrogen-bond acceptors (Lipinski definition) is 4. The number of rotatable bonds is 5. The Morgan fingerprint density at radius 1 is 0.917 bits per heavy atom. The lowest BCUT2D eigenvalue weighted by Crippen LogP contribution is -2.39. The van der Waals surface area contributed by atoms with Gasteiger partial charge in [0.1, 0.15) is 11.4 Å². The summed E-state index contributed by atoms with van der Waals surface area (Å²) < 4.78 is 80.9. The van der Waals surface area contributed by atoms with Crippen molar-refractivity contribution in [3.8, 4) is 0 Å². The summed E-state index contributed by atoms with van der Waals surface area (Å²) in [4.78, 5) is 17.5. The molecule has 1 aliphatic rings. The van der Waals surface area contributed by atoms with Gasteiger partial charge < -0.3 is 13.3 Å². The fraction of sp³-hybridized carbons (Fsp3) is 0.500. The smallest absolute Gasteiger partial charge is 0.378 e. The minimum Gasteiger partial charge on any atom is -0.378 e. The van der Waals surface area contributed by atoms with Crippen LogP contribution in [0.5, 0.6) is 0 Å². The fourth-order valence-electron chi connectivity index (χ4n) is 4.20. The van der Waals surface area contributed by atoms with Crippen LogP contribution in [0.3, 0.4) is 0 Å². The summed E-state index contributed by atoms with van der Waals surface area (Å²) in [6, 6.07) is 7.97. The quantitative estimate of drug-likeness (QED) is 0.173. The number of nitrogens with zero attached hydrogens (tertiary/aromatic N) is 3. The molecule has 36 heavy (non-hydrogen) atoms. The van der Waals surface area contributed by atoms with Gasteiger partial charge in [-0.3, -0.25) is 4.79 Å². The summed E-state index contributed by atoms with van der Waals surface area (Å²) in [5.41, 5.74) is -1.90. The molecule has 12 heteroatoms. The Hall–Kier alpha value is -2.25. The predicted octanol–water partition coefficient (Wildman–Crippen LogP) is 6.72. The molecule has 1 fully saturated rings. The van der Waals surface area contributed by atoms with Crippen molar-refractivity contribution in [1.29, 1.82) is 0 Å². The van der Waals surface area contributed by atoms with Gasteiger partial charge in [-0.05, 0) is 68.0 Å². The number of pyridine rings is 1. The zero-order valence-corrected chi connectivity index (χ0v) is 22.1. The van der Waals surface area contributed by atoms with Gasteiger partial charge in [0, 0.05) is 37.4 Å². The second-order valence-electron chi connectivity index (χ2n) is 9.21. The van der Waals surface area contributed by atoms with Crippen molar-refractivity contribution in [2.24, 2.45) is 5.92 Å². The van der Waals surface area contributed by atoms with Crippen LogP contribution in [0, 0.1) is 5.92 Å². The van der Waals surface area contributed by atoms with Crippen LogP contribution < -0.4 is 13.3 Å². The summed E-state index contributed by atoms with van der Waals surface area (Å²) in [6.07, 6.45) is -7.78. The molecule has 0 bridgehead atoms. The van der Waals surface area contributed by atoms with Crippen molar-refractivity contribution in [2.75, 3.05) is 22.1 Å². The van der Waals surface area contributed by atoms with Crippen LogP contribution in [0.2, 0.25) is 0 Å². The highest BCUT2D eigenvalue weighted by atomic mass is 127.